The molecule has 0 aliphatic heterocycles. The first-order valence-electron chi connectivity index (χ1n) is 6.63. The highest BCUT2D eigenvalue weighted by Gasteiger charge is 2.22. The first kappa shape index (κ1) is 15.2. The summed E-state index contributed by atoms with van der Waals surface area (Å²) in [7, 11) is -3.92. The Morgan fingerprint density at radius 2 is 2.05 bits per heavy atom. The van der Waals surface area contributed by atoms with Crippen LogP contribution in [-0.4, -0.2) is 24.3 Å². The Bertz CT molecular complexity index is 682. The van der Waals surface area contributed by atoms with E-state index in [9.17, 15) is 13.2 Å². The Morgan fingerprint density at radius 3 is 2.62 bits per heavy atom. The van der Waals surface area contributed by atoms with Crippen molar-refractivity contribution in [3.8, 4) is 0 Å². The van der Waals surface area contributed by atoms with Gasteiger partial charge in [0.15, 0.2) is 0 Å². The zero-order valence-electron chi connectivity index (χ0n) is 11.6. The summed E-state index contributed by atoms with van der Waals surface area (Å²) >= 11 is 0. The molecule has 0 radical (unpaired) electrons. The third-order valence-electron chi connectivity index (χ3n) is 3.17. The van der Waals surface area contributed by atoms with Crippen molar-refractivity contribution in [1.29, 1.82) is 0 Å². The lowest BCUT2D eigenvalue weighted by Crippen LogP contribution is -2.32. The lowest BCUT2D eigenvalue weighted by Gasteiger charge is -2.14. The maximum Gasteiger partial charge on any atom is 0.297 e. The van der Waals surface area contributed by atoms with Gasteiger partial charge in [0, 0.05) is 18.8 Å². The minimum atomic E-state index is -3.92. The van der Waals surface area contributed by atoms with Crippen LogP contribution in [-0.2, 0) is 14.8 Å². The van der Waals surface area contributed by atoms with Gasteiger partial charge in [-0.1, -0.05) is 37.3 Å². The second-order valence-electron chi connectivity index (χ2n) is 4.64. The molecule has 0 unspecified atom stereocenters. The second kappa shape index (κ2) is 6.53. The zero-order chi connectivity index (χ0) is 15.3. The Kier molecular flexibility index (Phi) is 4.74. The molecule has 1 aromatic carbocycles. The number of amides is 1. The molecule has 2 rings (SSSR count). The lowest BCUT2D eigenvalue weighted by molar-refractivity contribution is -0.119. The highest BCUT2D eigenvalue weighted by molar-refractivity contribution is 7.89. The van der Waals surface area contributed by atoms with Gasteiger partial charge in [-0.3, -0.25) is 4.79 Å². The van der Waals surface area contributed by atoms with Crippen molar-refractivity contribution in [3.63, 3.8) is 0 Å². The Balaban J connectivity index is 2.04. The van der Waals surface area contributed by atoms with E-state index in [0.717, 1.165) is 12.0 Å². The average Bonchev–Trinajstić information content (AvgIpc) is 3.00. The molecule has 1 heterocycles. The van der Waals surface area contributed by atoms with Gasteiger partial charge in [-0.25, -0.2) is 9.71 Å². The number of carbonyl (C=O) groups is 1. The molecule has 7 heteroatoms. The molecular formula is C14H17N3O3S. The number of nitrogens with one attached hydrogen (secondary N) is 2. The van der Waals surface area contributed by atoms with Crippen molar-refractivity contribution < 1.29 is 13.2 Å². The molecule has 1 atom stereocenters. The largest absolute Gasteiger partial charge is 0.334 e. The topological polar surface area (TPSA) is 91.9 Å². The van der Waals surface area contributed by atoms with Crippen LogP contribution >= 0.6 is 0 Å². The minimum Gasteiger partial charge on any atom is -0.334 e. The summed E-state index contributed by atoms with van der Waals surface area (Å²) in [5.74, 6) is -0.555. The van der Waals surface area contributed by atoms with Gasteiger partial charge in [-0.05, 0) is 17.9 Å². The van der Waals surface area contributed by atoms with E-state index in [1.807, 2.05) is 42.0 Å². The van der Waals surface area contributed by atoms with Gasteiger partial charge in [0.2, 0.25) is 11.1 Å². The Morgan fingerprint density at radius 1 is 1.33 bits per heavy atom. The average molecular weight is 307 g/mol. The van der Waals surface area contributed by atoms with Crippen LogP contribution < -0.4 is 4.72 Å². The van der Waals surface area contributed by atoms with Gasteiger partial charge in [0.1, 0.15) is 0 Å². The van der Waals surface area contributed by atoms with Crippen LogP contribution in [0.4, 0.5) is 0 Å². The van der Waals surface area contributed by atoms with E-state index in [1.165, 1.54) is 12.4 Å². The van der Waals surface area contributed by atoms with Crippen molar-refractivity contribution >= 4 is 15.9 Å². The van der Waals surface area contributed by atoms with Crippen LogP contribution in [0.25, 0.3) is 0 Å². The SMILES string of the molecule is CC[C@@H](CC(=O)NS(=O)(=O)c1ncc[nH]1)c1ccccc1. The van der Waals surface area contributed by atoms with Crippen LogP contribution in [0.1, 0.15) is 31.2 Å². The van der Waals surface area contributed by atoms with E-state index in [-0.39, 0.29) is 17.5 Å². The molecule has 112 valence electrons. The highest BCUT2D eigenvalue weighted by Crippen LogP contribution is 2.22. The Hall–Kier alpha value is -2.15. The molecule has 2 N–H and O–H groups in total. The molecule has 0 aliphatic rings. The van der Waals surface area contributed by atoms with Crippen molar-refractivity contribution in [2.75, 3.05) is 0 Å². The fourth-order valence-electron chi connectivity index (χ4n) is 2.08. The molecule has 21 heavy (non-hydrogen) atoms. The summed E-state index contributed by atoms with van der Waals surface area (Å²) in [5, 5.41) is -0.261. The van der Waals surface area contributed by atoms with E-state index in [1.54, 1.807) is 0 Å². The summed E-state index contributed by atoms with van der Waals surface area (Å²) in [6.07, 6.45) is 3.56. The summed E-state index contributed by atoms with van der Waals surface area (Å²) in [6, 6.07) is 9.56. The van der Waals surface area contributed by atoms with Gasteiger partial charge in [0.05, 0.1) is 0 Å². The third kappa shape index (κ3) is 3.91. The number of imidazole rings is 1. The number of H-pyrrole nitrogens is 1. The number of benzene rings is 1. The number of nitrogens with zero attached hydrogens (tertiary/aromatic N) is 1. The molecule has 2 aromatic rings. The van der Waals surface area contributed by atoms with Gasteiger partial charge in [-0.2, -0.15) is 8.42 Å². The van der Waals surface area contributed by atoms with E-state index in [0.29, 0.717) is 0 Å². The number of sulfonamides is 1. The van der Waals surface area contributed by atoms with E-state index >= 15 is 0 Å². The predicted octanol–water partition coefficient (Wildman–Crippen LogP) is 1.80. The quantitative estimate of drug-likeness (QED) is 0.851. The van der Waals surface area contributed by atoms with Crippen LogP contribution in [0.15, 0.2) is 47.9 Å². The van der Waals surface area contributed by atoms with Crippen LogP contribution in [0.2, 0.25) is 0 Å². The first-order valence-corrected chi connectivity index (χ1v) is 8.11. The second-order valence-corrected chi connectivity index (χ2v) is 6.24. The fraction of sp³-hybridized carbons (Fsp3) is 0.286. The van der Waals surface area contributed by atoms with Crippen molar-refractivity contribution in [1.82, 2.24) is 14.7 Å². The number of rotatable bonds is 6. The highest BCUT2D eigenvalue weighted by atomic mass is 32.2. The van der Waals surface area contributed by atoms with Gasteiger partial charge in [0.25, 0.3) is 10.0 Å². The van der Waals surface area contributed by atoms with Crippen molar-refractivity contribution in [2.45, 2.75) is 30.8 Å². The zero-order valence-corrected chi connectivity index (χ0v) is 12.4. The molecule has 0 saturated carbocycles. The normalized spacial score (nSPS) is 12.8. The van der Waals surface area contributed by atoms with E-state index < -0.39 is 15.9 Å². The smallest absolute Gasteiger partial charge is 0.297 e. The summed E-state index contributed by atoms with van der Waals surface area (Å²) in [4.78, 5) is 18.1. The first-order chi connectivity index (χ1) is 10.0. The molecule has 1 amide bonds. The number of aromatic nitrogens is 2. The van der Waals surface area contributed by atoms with Gasteiger partial charge >= 0.3 is 0 Å². The Labute approximate surface area is 123 Å². The third-order valence-corrected chi connectivity index (χ3v) is 4.40. The number of hydrogen-bond donors (Lipinski definition) is 2. The molecule has 0 saturated heterocycles. The van der Waals surface area contributed by atoms with Crippen molar-refractivity contribution in [3.05, 3.63) is 48.3 Å². The molecule has 0 fully saturated rings. The van der Waals surface area contributed by atoms with Gasteiger partial charge < -0.3 is 4.98 Å². The molecule has 1 aromatic heterocycles. The van der Waals surface area contributed by atoms with Crippen LogP contribution in [0.5, 0.6) is 0 Å². The molecule has 6 nitrogen and oxygen atoms in total. The van der Waals surface area contributed by atoms with E-state index in [4.69, 9.17) is 0 Å². The van der Waals surface area contributed by atoms with Crippen molar-refractivity contribution in [2.24, 2.45) is 0 Å². The maximum absolute atomic E-state index is 12.0. The molecule has 0 bridgehead atoms. The number of hydrogen-bond acceptors (Lipinski definition) is 4. The van der Waals surface area contributed by atoms with Gasteiger partial charge in [-0.15, -0.1) is 0 Å². The molecule has 0 aliphatic carbocycles. The van der Waals surface area contributed by atoms with E-state index in [2.05, 4.69) is 9.97 Å². The number of carbonyl (C=O) groups excluding carboxylic acids is 1. The minimum absolute atomic E-state index is 0.0157. The van der Waals surface area contributed by atoms with Crippen LogP contribution in [0.3, 0.4) is 0 Å². The fourth-order valence-corrected chi connectivity index (χ4v) is 2.99. The summed E-state index contributed by atoms with van der Waals surface area (Å²) in [6.45, 7) is 1.96. The number of aromatic amines is 1. The lowest BCUT2D eigenvalue weighted by atomic mass is 9.93. The summed E-state index contributed by atoms with van der Waals surface area (Å²) in [5.41, 5.74) is 1.02. The predicted molar refractivity (Wildman–Crippen MR) is 78.0 cm³/mol. The standard InChI is InChI=1S/C14H17N3O3S/c1-2-11(12-6-4-3-5-7-12)10-13(18)17-21(19,20)14-15-8-9-16-14/h3-9,11H,2,10H2,1H3,(H,15,16)(H,17,18)/t11-/m0/s1. The monoisotopic (exact) mass is 307 g/mol. The molecule has 0 spiro atoms. The van der Waals surface area contributed by atoms with Crippen LogP contribution in [0, 0.1) is 0 Å². The summed E-state index contributed by atoms with van der Waals surface area (Å²) < 4.78 is 25.8. The maximum atomic E-state index is 12.0. The molecular weight excluding hydrogens is 290 g/mol.